The molecule has 0 bridgehead atoms. The zero-order valence-corrected chi connectivity index (χ0v) is 12.0. The highest BCUT2D eigenvalue weighted by molar-refractivity contribution is 5.94. The van der Waals surface area contributed by atoms with Crippen molar-refractivity contribution in [2.75, 3.05) is 6.54 Å². The van der Waals surface area contributed by atoms with E-state index < -0.39 is 0 Å². The minimum Gasteiger partial charge on any atom is -0.366 e. The predicted octanol–water partition coefficient (Wildman–Crippen LogP) is 1.96. The van der Waals surface area contributed by atoms with E-state index in [4.69, 9.17) is 4.52 Å². The van der Waals surface area contributed by atoms with Crippen LogP contribution in [0.2, 0.25) is 0 Å². The molecule has 21 heavy (non-hydrogen) atoms. The second-order valence-corrected chi connectivity index (χ2v) is 5.41. The maximum Gasteiger partial charge on any atom is 0.259 e. The van der Waals surface area contributed by atoms with E-state index in [1.807, 2.05) is 13.0 Å². The summed E-state index contributed by atoms with van der Waals surface area (Å²) in [4.78, 5) is 29.3. The van der Waals surface area contributed by atoms with Crippen LogP contribution in [0.5, 0.6) is 0 Å². The first-order chi connectivity index (χ1) is 10.1. The van der Waals surface area contributed by atoms with Crippen molar-refractivity contribution in [3.63, 3.8) is 0 Å². The molecule has 0 aliphatic carbocycles. The van der Waals surface area contributed by atoms with E-state index in [0.717, 1.165) is 18.5 Å². The Morgan fingerprint density at radius 1 is 1.43 bits per heavy atom. The van der Waals surface area contributed by atoms with Crippen molar-refractivity contribution in [1.82, 2.24) is 15.0 Å². The van der Waals surface area contributed by atoms with E-state index in [1.54, 1.807) is 18.0 Å². The average molecular weight is 287 g/mol. The van der Waals surface area contributed by atoms with Crippen LogP contribution in [0, 0.1) is 13.8 Å². The number of carbonyl (C=O) groups excluding carboxylic acids is 1. The summed E-state index contributed by atoms with van der Waals surface area (Å²) in [6.07, 6.45) is 4.78. The maximum absolute atomic E-state index is 12.7. The Bertz CT molecular complexity index is 732. The fraction of sp³-hybridized carbons (Fsp3) is 0.400. The van der Waals surface area contributed by atoms with E-state index in [-0.39, 0.29) is 22.9 Å². The molecular formula is C15H17N3O3. The smallest absolute Gasteiger partial charge is 0.259 e. The van der Waals surface area contributed by atoms with Crippen molar-refractivity contribution in [3.8, 4) is 0 Å². The van der Waals surface area contributed by atoms with Gasteiger partial charge < -0.3 is 14.4 Å². The first-order valence-corrected chi connectivity index (χ1v) is 7.00. The number of rotatable bonds is 2. The Balaban J connectivity index is 1.93. The number of aromatic amines is 1. The number of hydrogen-bond acceptors (Lipinski definition) is 4. The van der Waals surface area contributed by atoms with E-state index in [2.05, 4.69) is 10.1 Å². The number of amides is 1. The highest BCUT2D eigenvalue weighted by atomic mass is 16.5. The van der Waals surface area contributed by atoms with Crippen LogP contribution in [0.15, 0.2) is 27.8 Å². The van der Waals surface area contributed by atoms with Gasteiger partial charge in [0.15, 0.2) is 11.2 Å². The maximum atomic E-state index is 12.7. The SMILES string of the molecule is Cc1cc(C2CCCN2C(=O)c2c[nH]cc(C)c2=O)on1. The normalized spacial score (nSPS) is 18.2. The quantitative estimate of drug-likeness (QED) is 0.915. The molecule has 1 amide bonds. The summed E-state index contributed by atoms with van der Waals surface area (Å²) < 4.78 is 5.29. The summed E-state index contributed by atoms with van der Waals surface area (Å²) in [5.74, 6) is 0.430. The second kappa shape index (κ2) is 5.20. The minimum absolute atomic E-state index is 0.140. The molecule has 0 saturated carbocycles. The monoisotopic (exact) mass is 287 g/mol. The van der Waals surface area contributed by atoms with Gasteiger partial charge in [0.2, 0.25) is 0 Å². The molecule has 1 aliphatic heterocycles. The summed E-state index contributed by atoms with van der Waals surface area (Å²) in [5, 5.41) is 3.88. The first kappa shape index (κ1) is 13.6. The summed E-state index contributed by atoms with van der Waals surface area (Å²) >= 11 is 0. The van der Waals surface area contributed by atoms with Gasteiger partial charge in [0, 0.05) is 30.6 Å². The molecule has 2 aromatic rings. The van der Waals surface area contributed by atoms with Gasteiger partial charge in [-0.2, -0.15) is 0 Å². The highest BCUT2D eigenvalue weighted by Gasteiger charge is 2.34. The molecule has 1 saturated heterocycles. The van der Waals surface area contributed by atoms with Gasteiger partial charge >= 0.3 is 0 Å². The lowest BCUT2D eigenvalue weighted by atomic mass is 10.1. The van der Waals surface area contributed by atoms with Gasteiger partial charge in [0.1, 0.15) is 5.56 Å². The van der Waals surface area contributed by atoms with Gasteiger partial charge in [0.05, 0.1) is 11.7 Å². The molecule has 6 nitrogen and oxygen atoms in total. The van der Waals surface area contributed by atoms with E-state index in [0.29, 0.717) is 17.9 Å². The zero-order chi connectivity index (χ0) is 15.0. The van der Waals surface area contributed by atoms with Gasteiger partial charge in [-0.3, -0.25) is 9.59 Å². The van der Waals surface area contributed by atoms with Crippen molar-refractivity contribution in [2.24, 2.45) is 0 Å². The third-order valence-electron chi connectivity index (χ3n) is 3.85. The largest absolute Gasteiger partial charge is 0.366 e. The topological polar surface area (TPSA) is 79.2 Å². The molecule has 3 heterocycles. The van der Waals surface area contributed by atoms with Crippen LogP contribution in [0.3, 0.4) is 0 Å². The van der Waals surface area contributed by atoms with Crippen molar-refractivity contribution in [2.45, 2.75) is 32.7 Å². The number of hydrogen-bond donors (Lipinski definition) is 1. The highest BCUT2D eigenvalue weighted by Crippen LogP contribution is 2.33. The molecule has 110 valence electrons. The number of nitrogens with one attached hydrogen (secondary N) is 1. The predicted molar refractivity (Wildman–Crippen MR) is 76.1 cm³/mol. The molecule has 1 fully saturated rings. The number of nitrogens with zero attached hydrogens (tertiary/aromatic N) is 2. The lowest BCUT2D eigenvalue weighted by Gasteiger charge is -2.22. The molecule has 1 aliphatic rings. The third kappa shape index (κ3) is 2.37. The molecule has 1 N–H and O–H groups in total. The van der Waals surface area contributed by atoms with E-state index in [1.165, 1.54) is 6.20 Å². The van der Waals surface area contributed by atoms with Crippen LogP contribution in [0.1, 0.15) is 46.3 Å². The van der Waals surface area contributed by atoms with Crippen LogP contribution in [0.4, 0.5) is 0 Å². The average Bonchev–Trinajstić information content (AvgIpc) is 3.09. The number of aromatic nitrogens is 2. The summed E-state index contributed by atoms with van der Waals surface area (Å²) in [6, 6.07) is 1.70. The van der Waals surface area contributed by atoms with Gasteiger partial charge in [-0.1, -0.05) is 5.16 Å². The standard InChI is InChI=1S/C15H17N3O3/c1-9-7-16-8-11(14(9)19)15(20)18-5-3-4-12(18)13-6-10(2)17-21-13/h6-8,12H,3-5H2,1-2H3,(H,16,19). The summed E-state index contributed by atoms with van der Waals surface area (Å²) in [6.45, 7) is 4.16. The number of aryl methyl sites for hydroxylation is 2. The molecule has 1 unspecified atom stereocenters. The van der Waals surface area contributed by atoms with E-state index >= 15 is 0 Å². The molecule has 0 aromatic carbocycles. The Morgan fingerprint density at radius 3 is 2.95 bits per heavy atom. The second-order valence-electron chi connectivity index (χ2n) is 5.41. The van der Waals surface area contributed by atoms with Crippen LogP contribution < -0.4 is 5.43 Å². The minimum atomic E-state index is -0.253. The zero-order valence-electron chi connectivity index (χ0n) is 12.0. The van der Waals surface area contributed by atoms with Gasteiger partial charge in [-0.25, -0.2) is 0 Å². The Labute approximate surface area is 121 Å². The number of carbonyl (C=O) groups is 1. The van der Waals surface area contributed by atoms with Gasteiger partial charge in [-0.05, 0) is 26.7 Å². The van der Waals surface area contributed by atoms with Gasteiger partial charge in [0.25, 0.3) is 5.91 Å². The summed E-state index contributed by atoms with van der Waals surface area (Å²) in [5.41, 5.74) is 1.28. The Morgan fingerprint density at radius 2 is 2.24 bits per heavy atom. The van der Waals surface area contributed by atoms with Crippen LogP contribution in [0.25, 0.3) is 0 Å². The number of pyridine rings is 1. The van der Waals surface area contributed by atoms with Crippen LogP contribution in [-0.2, 0) is 0 Å². The van der Waals surface area contributed by atoms with Crippen molar-refractivity contribution >= 4 is 5.91 Å². The molecule has 0 spiro atoms. The molecule has 2 aromatic heterocycles. The lowest BCUT2D eigenvalue weighted by molar-refractivity contribution is 0.0712. The summed E-state index contributed by atoms with van der Waals surface area (Å²) in [7, 11) is 0. The van der Waals surface area contributed by atoms with Crippen LogP contribution >= 0.6 is 0 Å². The lowest BCUT2D eigenvalue weighted by Crippen LogP contribution is -2.34. The van der Waals surface area contributed by atoms with E-state index in [9.17, 15) is 9.59 Å². The number of likely N-dealkylation sites (tertiary alicyclic amines) is 1. The first-order valence-electron chi connectivity index (χ1n) is 7.00. The third-order valence-corrected chi connectivity index (χ3v) is 3.85. The van der Waals surface area contributed by atoms with Crippen molar-refractivity contribution in [3.05, 3.63) is 51.3 Å². The van der Waals surface area contributed by atoms with Crippen molar-refractivity contribution in [1.29, 1.82) is 0 Å². The number of H-pyrrole nitrogens is 1. The Kier molecular flexibility index (Phi) is 3.37. The molecule has 0 radical (unpaired) electrons. The molecule has 6 heteroatoms. The molecule has 1 atom stereocenters. The van der Waals surface area contributed by atoms with Crippen molar-refractivity contribution < 1.29 is 9.32 Å². The molecule has 3 rings (SSSR count). The van der Waals surface area contributed by atoms with Crippen LogP contribution in [-0.4, -0.2) is 27.5 Å². The Hall–Kier alpha value is -2.37. The molecular weight excluding hydrogens is 270 g/mol. The van der Waals surface area contributed by atoms with Gasteiger partial charge in [-0.15, -0.1) is 0 Å². The fourth-order valence-electron chi connectivity index (χ4n) is 2.75. The fourth-order valence-corrected chi connectivity index (χ4v) is 2.75.